The summed E-state index contributed by atoms with van der Waals surface area (Å²) in [6, 6.07) is 10.2. The van der Waals surface area contributed by atoms with Crippen molar-refractivity contribution in [2.24, 2.45) is 0 Å². The molecule has 0 atom stereocenters. The summed E-state index contributed by atoms with van der Waals surface area (Å²) in [6.45, 7) is 7.26. The first-order valence-electron chi connectivity index (χ1n) is 8.89. The SMILES string of the molecule is C=C(C)c1c(N(Cc2cc(OC)c(Cl)cc2F)S(=O)(=O)CC)sc2ccccc12. The van der Waals surface area contributed by atoms with Crippen LogP contribution >= 0.6 is 22.9 Å². The van der Waals surface area contributed by atoms with Gasteiger partial charge in [0.25, 0.3) is 0 Å². The van der Waals surface area contributed by atoms with Crippen LogP contribution in [0.1, 0.15) is 25.0 Å². The molecule has 0 aliphatic heterocycles. The highest BCUT2D eigenvalue weighted by Gasteiger charge is 2.28. The van der Waals surface area contributed by atoms with E-state index in [1.54, 1.807) is 6.92 Å². The summed E-state index contributed by atoms with van der Waals surface area (Å²) in [5, 5.41) is 1.57. The smallest absolute Gasteiger partial charge is 0.235 e. The van der Waals surface area contributed by atoms with E-state index in [9.17, 15) is 12.8 Å². The minimum atomic E-state index is -3.70. The molecule has 3 aromatic rings. The number of thiophene rings is 1. The van der Waals surface area contributed by atoms with E-state index in [0.29, 0.717) is 5.00 Å². The van der Waals surface area contributed by atoms with Gasteiger partial charge >= 0.3 is 0 Å². The Kier molecular flexibility index (Phi) is 6.22. The van der Waals surface area contributed by atoms with Crippen LogP contribution in [0.2, 0.25) is 5.02 Å². The lowest BCUT2D eigenvalue weighted by Crippen LogP contribution is -2.32. The van der Waals surface area contributed by atoms with Crippen LogP contribution in [-0.2, 0) is 16.6 Å². The van der Waals surface area contributed by atoms with Gasteiger partial charge in [-0.1, -0.05) is 36.4 Å². The number of fused-ring (bicyclic) bond motifs is 1. The van der Waals surface area contributed by atoms with E-state index in [4.69, 9.17) is 16.3 Å². The molecular weight excluding hydrogens is 433 g/mol. The maximum atomic E-state index is 14.6. The zero-order valence-corrected chi connectivity index (χ0v) is 18.7. The first kappa shape index (κ1) is 21.6. The highest BCUT2D eigenvalue weighted by molar-refractivity contribution is 7.92. The Labute approximate surface area is 179 Å². The van der Waals surface area contributed by atoms with Crippen molar-refractivity contribution in [3.8, 4) is 5.75 Å². The maximum Gasteiger partial charge on any atom is 0.235 e. The number of ether oxygens (including phenoxy) is 1. The lowest BCUT2D eigenvalue weighted by Gasteiger charge is -2.24. The second-order valence-corrected chi connectivity index (χ2v) is 10.2. The molecule has 4 nitrogen and oxygen atoms in total. The molecule has 0 unspecified atom stereocenters. The number of anilines is 1. The Bertz CT molecular complexity index is 1190. The Balaban J connectivity index is 2.23. The Morgan fingerprint density at radius 2 is 2.00 bits per heavy atom. The third-order valence-electron chi connectivity index (χ3n) is 4.57. The predicted octanol–water partition coefficient (Wildman–Crippen LogP) is 6.09. The molecule has 0 bridgehead atoms. The van der Waals surface area contributed by atoms with Gasteiger partial charge in [-0.15, -0.1) is 11.3 Å². The van der Waals surface area contributed by atoms with Crippen molar-refractivity contribution in [2.45, 2.75) is 20.4 Å². The summed E-state index contributed by atoms with van der Waals surface area (Å²) in [5.41, 5.74) is 1.67. The summed E-state index contributed by atoms with van der Waals surface area (Å²) in [5.74, 6) is -0.429. The molecule has 0 amide bonds. The standard InChI is InChI=1S/C21H21ClFNO3S2/c1-5-29(25,26)24(12-14-10-18(27-4)16(22)11-17(14)23)21-20(13(2)3)15-8-6-7-9-19(15)28-21/h6-11H,2,5,12H2,1,3-4H3. The third kappa shape index (κ3) is 4.13. The number of nitrogens with zero attached hydrogens (tertiary/aromatic N) is 1. The van der Waals surface area contributed by atoms with E-state index in [-0.39, 0.29) is 28.6 Å². The topological polar surface area (TPSA) is 46.6 Å². The molecule has 1 aromatic heterocycles. The second-order valence-electron chi connectivity index (χ2n) is 6.54. The highest BCUT2D eigenvalue weighted by Crippen LogP contribution is 2.43. The third-order valence-corrected chi connectivity index (χ3v) is 7.88. The average molecular weight is 454 g/mol. The number of allylic oxidation sites excluding steroid dienone is 1. The van der Waals surface area contributed by atoms with Crippen molar-refractivity contribution in [3.63, 3.8) is 0 Å². The molecule has 154 valence electrons. The van der Waals surface area contributed by atoms with E-state index in [1.807, 2.05) is 31.2 Å². The van der Waals surface area contributed by atoms with E-state index in [2.05, 4.69) is 6.58 Å². The molecule has 0 fully saturated rings. The molecule has 0 saturated heterocycles. The van der Waals surface area contributed by atoms with Crippen molar-refractivity contribution in [2.75, 3.05) is 17.2 Å². The van der Waals surface area contributed by atoms with Gasteiger partial charge in [-0.2, -0.15) is 0 Å². The lowest BCUT2D eigenvalue weighted by atomic mass is 10.1. The minimum absolute atomic E-state index is 0.122. The first-order chi connectivity index (χ1) is 13.7. The number of hydrogen-bond donors (Lipinski definition) is 0. The normalized spacial score (nSPS) is 11.6. The molecule has 0 spiro atoms. The Morgan fingerprint density at radius 1 is 1.31 bits per heavy atom. The van der Waals surface area contributed by atoms with Gasteiger partial charge in [0.2, 0.25) is 10.0 Å². The molecule has 0 N–H and O–H groups in total. The van der Waals surface area contributed by atoms with E-state index >= 15 is 0 Å². The van der Waals surface area contributed by atoms with Gasteiger partial charge in [-0.3, -0.25) is 4.31 Å². The van der Waals surface area contributed by atoms with Gasteiger partial charge in [-0.25, -0.2) is 12.8 Å². The number of sulfonamides is 1. The van der Waals surface area contributed by atoms with Gasteiger partial charge in [-0.05, 0) is 37.6 Å². The molecule has 1 heterocycles. The molecular formula is C21H21ClFNO3S2. The van der Waals surface area contributed by atoms with E-state index in [0.717, 1.165) is 27.3 Å². The second kappa shape index (κ2) is 8.34. The van der Waals surface area contributed by atoms with Crippen LogP contribution in [0, 0.1) is 5.82 Å². The molecule has 0 radical (unpaired) electrons. The van der Waals surface area contributed by atoms with Crippen LogP contribution in [0.3, 0.4) is 0 Å². The zero-order valence-electron chi connectivity index (χ0n) is 16.3. The number of halogens is 2. The number of methoxy groups -OCH3 is 1. The number of benzene rings is 2. The summed E-state index contributed by atoms with van der Waals surface area (Å²) in [7, 11) is -2.27. The first-order valence-corrected chi connectivity index (χ1v) is 11.7. The van der Waals surface area contributed by atoms with Gasteiger partial charge in [0, 0.05) is 21.2 Å². The molecule has 3 rings (SSSR count). The molecule has 0 saturated carbocycles. The van der Waals surface area contributed by atoms with E-state index in [1.165, 1.54) is 28.8 Å². The fourth-order valence-corrected chi connectivity index (χ4v) is 5.94. The van der Waals surface area contributed by atoms with Crippen LogP contribution in [0.5, 0.6) is 5.75 Å². The molecule has 0 aliphatic carbocycles. The van der Waals surface area contributed by atoms with Gasteiger partial charge < -0.3 is 4.74 Å². The largest absolute Gasteiger partial charge is 0.495 e. The van der Waals surface area contributed by atoms with Crippen LogP contribution < -0.4 is 9.04 Å². The zero-order chi connectivity index (χ0) is 21.3. The van der Waals surface area contributed by atoms with Crippen LogP contribution in [0.25, 0.3) is 15.7 Å². The molecule has 8 heteroatoms. The van der Waals surface area contributed by atoms with Crippen molar-refractivity contribution in [3.05, 3.63) is 64.9 Å². The number of hydrogen-bond acceptors (Lipinski definition) is 4. The van der Waals surface area contributed by atoms with Crippen LogP contribution in [0.4, 0.5) is 9.39 Å². The average Bonchev–Trinajstić information content (AvgIpc) is 3.06. The van der Waals surface area contributed by atoms with Crippen molar-refractivity contribution >= 4 is 53.6 Å². The van der Waals surface area contributed by atoms with Crippen molar-refractivity contribution in [1.82, 2.24) is 0 Å². The van der Waals surface area contributed by atoms with Gasteiger partial charge in [0.1, 0.15) is 16.6 Å². The summed E-state index contributed by atoms with van der Waals surface area (Å²) in [6.07, 6.45) is 0. The fraction of sp³-hybridized carbons (Fsp3) is 0.238. The minimum Gasteiger partial charge on any atom is -0.495 e. The molecule has 0 aliphatic rings. The highest BCUT2D eigenvalue weighted by atomic mass is 35.5. The number of rotatable bonds is 7. The lowest BCUT2D eigenvalue weighted by molar-refractivity contribution is 0.413. The Hall–Kier alpha value is -2.09. The monoisotopic (exact) mass is 453 g/mol. The maximum absolute atomic E-state index is 14.6. The van der Waals surface area contributed by atoms with E-state index < -0.39 is 15.8 Å². The molecule has 2 aromatic carbocycles. The fourth-order valence-electron chi connectivity index (χ4n) is 3.08. The van der Waals surface area contributed by atoms with Gasteiger partial charge in [0.15, 0.2) is 0 Å². The van der Waals surface area contributed by atoms with Crippen LogP contribution in [-0.4, -0.2) is 21.3 Å². The van der Waals surface area contributed by atoms with Crippen LogP contribution in [0.15, 0.2) is 43.0 Å². The van der Waals surface area contributed by atoms with Gasteiger partial charge in [0.05, 0.1) is 24.4 Å². The summed E-state index contributed by atoms with van der Waals surface area (Å²) >= 11 is 7.33. The Morgan fingerprint density at radius 3 is 2.62 bits per heavy atom. The quantitative estimate of drug-likeness (QED) is 0.434. The summed E-state index contributed by atoms with van der Waals surface area (Å²) < 4.78 is 48.0. The van der Waals surface area contributed by atoms with Crippen molar-refractivity contribution < 1.29 is 17.5 Å². The summed E-state index contributed by atoms with van der Waals surface area (Å²) in [4.78, 5) is 0. The molecule has 29 heavy (non-hydrogen) atoms. The van der Waals surface area contributed by atoms with Crippen molar-refractivity contribution in [1.29, 1.82) is 0 Å². The predicted molar refractivity (Wildman–Crippen MR) is 120 cm³/mol.